The monoisotopic (exact) mass is 352 g/mol. The van der Waals surface area contributed by atoms with Crippen molar-refractivity contribution in [1.29, 1.82) is 0 Å². The summed E-state index contributed by atoms with van der Waals surface area (Å²) in [6.07, 6.45) is 15.2. The second-order valence-electron chi connectivity index (χ2n) is 6.40. The second kappa shape index (κ2) is 12.3. The summed E-state index contributed by atoms with van der Waals surface area (Å²) in [6.45, 7) is 4.44. The van der Waals surface area contributed by atoms with E-state index in [4.69, 9.17) is 0 Å². The molecule has 0 nitrogen and oxygen atoms in total. The van der Waals surface area contributed by atoms with Crippen LogP contribution in [-0.4, -0.2) is 4.83 Å². The summed E-state index contributed by atoms with van der Waals surface area (Å²) in [5.74, 6) is 0. The standard InChI is InChI=1S/C20H33Br/c1-3-4-5-6-7-8-9-10-11-12-20(21)17-19-15-13-18(2)14-16-19/h13-16,20H,3-12,17H2,1-2H3. The van der Waals surface area contributed by atoms with Crippen LogP contribution in [0.2, 0.25) is 0 Å². The van der Waals surface area contributed by atoms with E-state index in [1.54, 1.807) is 0 Å². The van der Waals surface area contributed by atoms with E-state index in [-0.39, 0.29) is 0 Å². The maximum atomic E-state index is 3.84. The van der Waals surface area contributed by atoms with Gasteiger partial charge in [-0.15, -0.1) is 0 Å². The van der Waals surface area contributed by atoms with Gasteiger partial charge in [-0.05, 0) is 25.3 Å². The molecule has 1 aromatic rings. The molecule has 120 valence electrons. The molecule has 21 heavy (non-hydrogen) atoms. The van der Waals surface area contributed by atoms with Crippen molar-refractivity contribution in [3.8, 4) is 0 Å². The molecule has 1 heteroatoms. The molecule has 0 aliphatic heterocycles. The Morgan fingerprint density at radius 1 is 0.810 bits per heavy atom. The maximum absolute atomic E-state index is 3.84. The van der Waals surface area contributed by atoms with Crippen LogP contribution in [-0.2, 0) is 6.42 Å². The molecule has 0 bridgehead atoms. The highest BCUT2D eigenvalue weighted by Crippen LogP contribution is 2.18. The van der Waals surface area contributed by atoms with Gasteiger partial charge in [0.25, 0.3) is 0 Å². The zero-order valence-corrected chi connectivity index (χ0v) is 15.6. The van der Waals surface area contributed by atoms with Gasteiger partial charge < -0.3 is 0 Å². The van der Waals surface area contributed by atoms with Gasteiger partial charge in [0.15, 0.2) is 0 Å². The first-order valence-electron chi connectivity index (χ1n) is 8.92. The van der Waals surface area contributed by atoms with Gasteiger partial charge in [0, 0.05) is 4.83 Å². The smallest absolute Gasteiger partial charge is 0.0186 e. The summed E-state index contributed by atoms with van der Waals surface area (Å²) in [7, 11) is 0. The minimum atomic E-state index is 0.643. The fourth-order valence-corrected chi connectivity index (χ4v) is 3.46. The molecule has 0 aromatic heterocycles. The molecule has 0 radical (unpaired) electrons. The highest BCUT2D eigenvalue weighted by molar-refractivity contribution is 9.09. The zero-order chi connectivity index (χ0) is 15.3. The first kappa shape index (κ1) is 18.7. The Morgan fingerprint density at radius 2 is 1.33 bits per heavy atom. The molecular weight excluding hydrogens is 320 g/mol. The normalized spacial score (nSPS) is 12.5. The third-order valence-corrected chi connectivity index (χ3v) is 4.98. The van der Waals surface area contributed by atoms with Crippen molar-refractivity contribution in [1.82, 2.24) is 0 Å². The number of benzene rings is 1. The number of aryl methyl sites for hydroxylation is 1. The highest BCUT2D eigenvalue weighted by Gasteiger charge is 2.05. The molecule has 0 fully saturated rings. The van der Waals surface area contributed by atoms with E-state index in [9.17, 15) is 0 Å². The fraction of sp³-hybridized carbons (Fsp3) is 0.700. The number of hydrogen-bond acceptors (Lipinski definition) is 0. The maximum Gasteiger partial charge on any atom is 0.0186 e. The van der Waals surface area contributed by atoms with E-state index < -0.39 is 0 Å². The molecule has 0 saturated carbocycles. The van der Waals surface area contributed by atoms with Gasteiger partial charge in [0.2, 0.25) is 0 Å². The average Bonchev–Trinajstić information content (AvgIpc) is 2.48. The minimum absolute atomic E-state index is 0.643. The van der Waals surface area contributed by atoms with E-state index in [2.05, 4.69) is 54.0 Å². The van der Waals surface area contributed by atoms with Crippen LogP contribution in [0.4, 0.5) is 0 Å². The molecule has 0 saturated heterocycles. The Labute approximate surface area is 140 Å². The molecule has 0 aliphatic carbocycles. The molecule has 0 amide bonds. The van der Waals surface area contributed by atoms with Crippen molar-refractivity contribution in [2.24, 2.45) is 0 Å². The molecule has 1 aromatic carbocycles. The van der Waals surface area contributed by atoms with Crippen LogP contribution in [0.5, 0.6) is 0 Å². The van der Waals surface area contributed by atoms with Gasteiger partial charge in [-0.1, -0.05) is 110 Å². The van der Waals surface area contributed by atoms with Crippen LogP contribution in [0.3, 0.4) is 0 Å². The first-order chi connectivity index (χ1) is 10.2. The van der Waals surface area contributed by atoms with Crippen molar-refractivity contribution in [2.45, 2.75) is 89.3 Å². The van der Waals surface area contributed by atoms with Crippen molar-refractivity contribution in [3.05, 3.63) is 35.4 Å². The molecule has 0 N–H and O–H groups in total. The number of rotatable bonds is 12. The Morgan fingerprint density at radius 3 is 1.90 bits per heavy atom. The van der Waals surface area contributed by atoms with Crippen molar-refractivity contribution < 1.29 is 0 Å². The number of unbranched alkanes of at least 4 members (excludes halogenated alkanes) is 8. The van der Waals surface area contributed by atoms with Crippen LogP contribution in [0, 0.1) is 6.92 Å². The lowest BCUT2D eigenvalue weighted by molar-refractivity contribution is 0.553. The molecule has 0 aliphatic rings. The van der Waals surface area contributed by atoms with Crippen molar-refractivity contribution in [3.63, 3.8) is 0 Å². The van der Waals surface area contributed by atoms with E-state index in [0.717, 1.165) is 6.42 Å². The lowest BCUT2D eigenvalue weighted by atomic mass is 10.0. The number of alkyl halides is 1. The molecule has 1 atom stereocenters. The van der Waals surface area contributed by atoms with Gasteiger partial charge in [0.1, 0.15) is 0 Å². The largest absolute Gasteiger partial charge is 0.0887 e. The molecule has 0 spiro atoms. The summed E-state index contributed by atoms with van der Waals surface area (Å²) >= 11 is 3.84. The van der Waals surface area contributed by atoms with Crippen LogP contribution in [0.1, 0.15) is 82.3 Å². The fourth-order valence-electron chi connectivity index (χ4n) is 2.76. The van der Waals surface area contributed by atoms with Gasteiger partial charge in [0.05, 0.1) is 0 Å². The van der Waals surface area contributed by atoms with Crippen molar-refractivity contribution >= 4 is 15.9 Å². The zero-order valence-electron chi connectivity index (χ0n) is 14.0. The minimum Gasteiger partial charge on any atom is -0.0887 e. The SMILES string of the molecule is CCCCCCCCCCCC(Br)Cc1ccc(C)cc1. The van der Waals surface area contributed by atoms with Crippen molar-refractivity contribution in [2.75, 3.05) is 0 Å². The highest BCUT2D eigenvalue weighted by atomic mass is 79.9. The number of hydrogen-bond donors (Lipinski definition) is 0. The van der Waals surface area contributed by atoms with Gasteiger partial charge in [-0.2, -0.15) is 0 Å². The molecule has 1 unspecified atom stereocenters. The summed E-state index contributed by atoms with van der Waals surface area (Å²) in [5, 5.41) is 0. The third-order valence-electron chi connectivity index (χ3n) is 4.20. The Balaban J connectivity index is 1.96. The van der Waals surface area contributed by atoms with Crippen LogP contribution >= 0.6 is 15.9 Å². The lowest BCUT2D eigenvalue weighted by Gasteiger charge is -2.10. The van der Waals surface area contributed by atoms with E-state index in [0.29, 0.717) is 4.83 Å². The Kier molecular flexibility index (Phi) is 10.9. The second-order valence-corrected chi connectivity index (χ2v) is 7.70. The number of halogens is 1. The summed E-state index contributed by atoms with van der Waals surface area (Å²) in [5.41, 5.74) is 2.81. The molecular formula is C20H33Br. The molecule has 0 heterocycles. The predicted molar refractivity (Wildman–Crippen MR) is 99.4 cm³/mol. The van der Waals surface area contributed by atoms with E-state index in [1.165, 1.54) is 75.3 Å². The third kappa shape index (κ3) is 10.1. The summed E-state index contributed by atoms with van der Waals surface area (Å²) in [6, 6.07) is 8.96. The van der Waals surface area contributed by atoms with E-state index in [1.807, 2.05) is 0 Å². The van der Waals surface area contributed by atoms with Crippen LogP contribution < -0.4 is 0 Å². The van der Waals surface area contributed by atoms with Gasteiger partial charge in [-0.3, -0.25) is 0 Å². The Bertz CT molecular complexity index is 341. The first-order valence-corrected chi connectivity index (χ1v) is 9.83. The van der Waals surface area contributed by atoms with Crippen LogP contribution in [0.25, 0.3) is 0 Å². The lowest BCUT2D eigenvalue weighted by Crippen LogP contribution is -2.02. The van der Waals surface area contributed by atoms with Gasteiger partial charge >= 0.3 is 0 Å². The summed E-state index contributed by atoms with van der Waals surface area (Å²) < 4.78 is 0. The predicted octanol–water partition coefficient (Wildman–Crippen LogP) is 7.22. The molecule has 1 rings (SSSR count). The Hall–Kier alpha value is -0.300. The quantitative estimate of drug-likeness (QED) is 0.275. The summed E-state index contributed by atoms with van der Waals surface area (Å²) in [4.78, 5) is 0.643. The topological polar surface area (TPSA) is 0 Å². The van der Waals surface area contributed by atoms with E-state index >= 15 is 0 Å². The van der Waals surface area contributed by atoms with Gasteiger partial charge in [-0.25, -0.2) is 0 Å². The average molecular weight is 353 g/mol. The van der Waals surface area contributed by atoms with Crippen LogP contribution in [0.15, 0.2) is 24.3 Å².